The van der Waals surface area contributed by atoms with Crippen molar-refractivity contribution in [2.45, 2.75) is 19.4 Å². The van der Waals surface area contributed by atoms with E-state index in [2.05, 4.69) is 92.4 Å². The molecule has 2 rings (SSSR count). The maximum absolute atomic E-state index is 10.4. The van der Waals surface area contributed by atoms with Crippen LogP contribution in [0.2, 0.25) is 0 Å². The van der Waals surface area contributed by atoms with Gasteiger partial charge in [-0.1, -0.05) is 23.9 Å². The number of pyridine rings is 1. The first-order valence-electron chi connectivity index (χ1n) is 10.2. The largest absolute Gasteiger partial charge is 0.374 e. The summed E-state index contributed by atoms with van der Waals surface area (Å²) in [4.78, 5) is 12.8. The normalized spacial score (nSPS) is 11.7. The second-order valence-corrected chi connectivity index (χ2v) is 9.29. The van der Waals surface area contributed by atoms with E-state index in [0.717, 1.165) is 35.4 Å². The number of hydrogen-bond acceptors (Lipinski definition) is 3. The molecule has 29 heavy (non-hydrogen) atoms. The minimum Gasteiger partial charge on any atom is -0.374 e. The Morgan fingerprint density at radius 3 is 2.48 bits per heavy atom. The number of hydrogen-bond donors (Lipinski definition) is 0. The number of aryl methyl sites for hydroxylation is 1. The molecule has 1 aromatic heterocycles. The Morgan fingerprint density at radius 2 is 1.79 bits per heavy atom. The van der Waals surface area contributed by atoms with Gasteiger partial charge >= 0.3 is 0 Å². The summed E-state index contributed by atoms with van der Waals surface area (Å²) >= 11 is 1.34. The lowest BCUT2D eigenvalue weighted by atomic mass is 10.1. The van der Waals surface area contributed by atoms with Crippen LogP contribution < -0.4 is 9.47 Å². The molecule has 0 unspecified atom stereocenters. The van der Waals surface area contributed by atoms with Crippen LogP contribution in [0.25, 0.3) is 12.2 Å². The molecule has 0 bridgehead atoms. The number of aromatic nitrogens is 1. The molecule has 0 saturated carbocycles. The molecule has 5 heteroatoms. The lowest BCUT2D eigenvalue weighted by Crippen LogP contribution is -2.37. The summed E-state index contributed by atoms with van der Waals surface area (Å²) in [6, 6.07) is 15.0. The lowest BCUT2D eigenvalue weighted by molar-refractivity contribution is -0.870. The third kappa shape index (κ3) is 8.84. The number of nitrogens with zero attached hydrogens (tertiary/aromatic N) is 3. The summed E-state index contributed by atoms with van der Waals surface area (Å²) in [5.74, 6) is 0.859. The van der Waals surface area contributed by atoms with Crippen molar-refractivity contribution in [1.82, 2.24) is 0 Å². The van der Waals surface area contributed by atoms with E-state index in [1.807, 2.05) is 6.07 Å². The predicted octanol–water partition coefficient (Wildman–Crippen LogP) is 3.99. The van der Waals surface area contributed by atoms with E-state index in [1.165, 1.54) is 41.7 Å². The zero-order valence-electron chi connectivity index (χ0n) is 18.3. The van der Waals surface area contributed by atoms with Gasteiger partial charge in [0.1, 0.15) is 6.54 Å². The number of carbonyl (C=O) groups excluding carboxylic acids is 1. The Morgan fingerprint density at radius 1 is 1.03 bits per heavy atom. The molecule has 0 N–H and O–H groups in total. The smallest absolute Gasteiger partial charge is 0.205 e. The van der Waals surface area contributed by atoms with Crippen molar-refractivity contribution < 1.29 is 13.8 Å². The Balaban J connectivity index is 1.94. The predicted molar refractivity (Wildman–Crippen MR) is 127 cm³/mol. The average Bonchev–Trinajstić information content (AvgIpc) is 2.70. The number of quaternary nitrogens is 1. The van der Waals surface area contributed by atoms with Gasteiger partial charge in [0.15, 0.2) is 11.8 Å². The van der Waals surface area contributed by atoms with E-state index < -0.39 is 0 Å². The van der Waals surface area contributed by atoms with Crippen LogP contribution >= 0.6 is 11.8 Å². The Bertz CT molecular complexity index is 781. The zero-order chi connectivity index (χ0) is 21.1. The van der Waals surface area contributed by atoms with Crippen LogP contribution in [-0.4, -0.2) is 57.1 Å². The number of benzene rings is 1. The van der Waals surface area contributed by atoms with Gasteiger partial charge in [-0.2, -0.15) is 4.57 Å². The fraction of sp³-hybridized carbons (Fsp3) is 0.417. The number of rotatable bonds is 12. The quantitative estimate of drug-likeness (QED) is 0.228. The van der Waals surface area contributed by atoms with Gasteiger partial charge in [-0.3, -0.25) is 4.79 Å². The fourth-order valence-electron chi connectivity index (χ4n) is 3.14. The Kier molecular flexibility index (Phi) is 9.42. The van der Waals surface area contributed by atoms with Gasteiger partial charge in [-0.05, 0) is 29.8 Å². The van der Waals surface area contributed by atoms with Crippen LogP contribution in [0.5, 0.6) is 0 Å². The summed E-state index contributed by atoms with van der Waals surface area (Å²) < 4.78 is 3.24. The van der Waals surface area contributed by atoms with Crippen LogP contribution in [0.3, 0.4) is 0 Å². The zero-order valence-corrected chi connectivity index (χ0v) is 19.1. The third-order valence-corrected chi connectivity index (χ3v) is 5.47. The molecule has 0 radical (unpaired) electrons. The highest BCUT2D eigenvalue weighted by atomic mass is 32.2. The Hall–Kier alpha value is -2.11. The molecule has 0 fully saturated rings. The van der Waals surface area contributed by atoms with Crippen molar-refractivity contribution >= 4 is 35.2 Å². The molecule has 0 aliphatic heterocycles. The molecule has 0 spiro atoms. The molecule has 1 heterocycles. The first kappa shape index (κ1) is 23.2. The average molecular weight is 414 g/mol. The molecule has 0 amide bonds. The summed E-state index contributed by atoms with van der Waals surface area (Å²) in [6.45, 7) is 3.16. The van der Waals surface area contributed by atoms with Crippen LogP contribution in [0.15, 0.2) is 48.7 Å². The van der Waals surface area contributed by atoms with Crippen LogP contribution in [0.4, 0.5) is 5.69 Å². The Labute approximate surface area is 180 Å². The molecule has 0 aliphatic rings. The van der Waals surface area contributed by atoms with Gasteiger partial charge in [0.2, 0.25) is 5.69 Å². The van der Waals surface area contributed by atoms with E-state index in [9.17, 15) is 4.79 Å². The minimum atomic E-state index is 0.859. The maximum atomic E-state index is 10.4. The van der Waals surface area contributed by atoms with Crippen molar-refractivity contribution in [2.24, 2.45) is 0 Å². The summed E-state index contributed by atoms with van der Waals surface area (Å²) in [6.07, 6.45) is 8.58. The molecule has 0 saturated heterocycles. The highest BCUT2D eigenvalue weighted by Gasteiger charge is 2.08. The van der Waals surface area contributed by atoms with E-state index >= 15 is 0 Å². The highest BCUT2D eigenvalue weighted by Crippen LogP contribution is 2.16. The summed E-state index contributed by atoms with van der Waals surface area (Å²) in [7, 11) is 8.88. The van der Waals surface area contributed by atoms with E-state index in [0.29, 0.717) is 0 Å². The van der Waals surface area contributed by atoms with Gasteiger partial charge in [0.25, 0.3) is 0 Å². The van der Waals surface area contributed by atoms with Gasteiger partial charge in [-0.25, -0.2) is 0 Å². The third-order valence-electron chi connectivity index (χ3n) is 4.81. The van der Waals surface area contributed by atoms with Crippen LogP contribution in [0.1, 0.15) is 24.1 Å². The standard InChI is InChI=1S/C24H35N3OS/c1-25(16-7-19-27(2,3)4)23-13-10-22(11-14-23)12-15-24-9-5-6-17-26(24)18-8-20-29-21-28/h5-6,9-15,17,21H,7-8,16,18-20H2,1-4H3/q+2. The van der Waals surface area contributed by atoms with Crippen molar-refractivity contribution in [3.05, 3.63) is 59.9 Å². The molecule has 1 aromatic carbocycles. The van der Waals surface area contributed by atoms with E-state index in [1.54, 1.807) is 0 Å². The number of anilines is 1. The van der Waals surface area contributed by atoms with Gasteiger partial charge in [-0.15, -0.1) is 0 Å². The SMILES string of the molecule is CN(CCC[N+](C)(C)C)c1ccc(/C=C/c2cccc[n+]2CCCSC=O)cc1. The van der Waals surface area contributed by atoms with E-state index in [-0.39, 0.29) is 0 Å². The number of thioether (sulfide) groups is 1. The highest BCUT2D eigenvalue weighted by molar-refractivity contribution is 8.11. The van der Waals surface area contributed by atoms with Crippen LogP contribution in [0, 0.1) is 0 Å². The first-order chi connectivity index (χ1) is 13.9. The minimum absolute atomic E-state index is 0.859. The molecular formula is C24H35N3OS+2. The molecular weight excluding hydrogens is 378 g/mol. The summed E-state index contributed by atoms with van der Waals surface area (Å²) in [5, 5.41) is 0. The molecule has 2 aromatic rings. The summed E-state index contributed by atoms with van der Waals surface area (Å²) in [5.41, 5.74) is 4.54. The molecule has 4 nitrogen and oxygen atoms in total. The first-order valence-corrected chi connectivity index (χ1v) is 11.3. The topological polar surface area (TPSA) is 24.2 Å². The van der Waals surface area contributed by atoms with Crippen molar-refractivity contribution in [2.75, 3.05) is 51.9 Å². The van der Waals surface area contributed by atoms with Gasteiger partial charge < -0.3 is 9.38 Å². The van der Waals surface area contributed by atoms with Crippen molar-refractivity contribution in [3.63, 3.8) is 0 Å². The lowest BCUT2D eigenvalue weighted by Gasteiger charge is -2.26. The van der Waals surface area contributed by atoms with Gasteiger partial charge in [0, 0.05) is 56.1 Å². The number of carbonyl (C=O) groups is 1. The molecule has 156 valence electrons. The second kappa shape index (κ2) is 11.8. The maximum Gasteiger partial charge on any atom is 0.205 e. The van der Waals surface area contributed by atoms with Crippen molar-refractivity contribution in [1.29, 1.82) is 0 Å². The van der Waals surface area contributed by atoms with E-state index in [4.69, 9.17) is 0 Å². The van der Waals surface area contributed by atoms with Crippen LogP contribution in [-0.2, 0) is 11.3 Å². The van der Waals surface area contributed by atoms with Crippen molar-refractivity contribution in [3.8, 4) is 0 Å². The molecule has 0 aliphatic carbocycles. The van der Waals surface area contributed by atoms with Gasteiger partial charge in [0.05, 0.1) is 27.7 Å². The second-order valence-electron chi connectivity index (χ2n) is 8.35. The monoisotopic (exact) mass is 413 g/mol. The molecule has 0 atom stereocenters. The fourth-order valence-corrected chi connectivity index (χ4v) is 3.54.